The van der Waals surface area contributed by atoms with E-state index in [0.717, 1.165) is 0 Å². The Labute approximate surface area is 107 Å². The average molecular weight is 252 g/mol. The summed E-state index contributed by atoms with van der Waals surface area (Å²) in [6, 6.07) is 5.21. The molecule has 1 rings (SSSR count). The lowest BCUT2D eigenvalue weighted by atomic mass is 10.1. The highest BCUT2D eigenvalue weighted by Crippen LogP contribution is 2.20. The maximum Gasteiger partial charge on any atom is 0.340 e. The van der Waals surface area contributed by atoms with E-state index in [4.69, 9.17) is 15.2 Å². The van der Waals surface area contributed by atoms with Gasteiger partial charge in [-0.15, -0.1) is 0 Å². The van der Waals surface area contributed by atoms with Crippen LogP contribution < -0.4 is 11.1 Å². The van der Waals surface area contributed by atoms with Crippen LogP contribution >= 0.6 is 0 Å². The van der Waals surface area contributed by atoms with Gasteiger partial charge < -0.3 is 20.5 Å². The number of nitrogen functional groups attached to an aromatic ring is 1. The molecule has 0 aliphatic rings. The summed E-state index contributed by atoms with van der Waals surface area (Å²) >= 11 is 0. The first-order chi connectivity index (χ1) is 8.58. The number of carbonyl (C=O) groups is 1. The summed E-state index contributed by atoms with van der Waals surface area (Å²) in [5.74, 6) is -0.378. The topological polar surface area (TPSA) is 73.6 Å². The Balaban J connectivity index is 2.92. The Hall–Kier alpha value is -1.75. The molecular formula is C13H20N2O3. The van der Waals surface area contributed by atoms with Gasteiger partial charge in [-0.25, -0.2) is 4.79 Å². The van der Waals surface area contributed by atoms with Crippen LogP contribution in [0.3, 0.4) is 0 Å². The van der Waals surface area contributed by atoms with Crippen LogP contribution in [-0.2, 0) is 9.47 Å². The fraction of sp³-hybridized carbons (Fsp3) is 0.462. The minimum Gasteiger partial charge on any atom is -0.462 e. The number of carbonyl (C=O) groups excluding carboxylic acids is 1. The second-order valence-corrected chi connectivity index (χ2v) is 4.03. The molecule has 18 heavy (non-hydrogen) atoms. The van der Waals surface area contributed by atoms with Crippen LogP contribution in [0.4, 0.5) is 11.4 Å². The molecule has 1 aromatic rings. The van der Waals surface area contributed by atoms with Crippen molar-refractivity contribution in [3.63, 3.8) is 0 Å². The Morgan fingerprint density at radius 2 is 2.22 bits per heavy atom. The number of esters is 1. The van der Waals surface area contributed by atoms with Gasteiger partial charge in [-0.05, 0) is 32.0 Å². The second-order valence-electron chi connectivity index (χ2n) is 4.03. The van der Waals surface area contributed by atoms with Crippen molar-refractivity contribution in [1.29, 1.82) is 0 Å². The molecule has 5 heteroatoms. The molecule has 0 aliphatic carbocycles. The number of rotatable bonds is 6. The van der Waals surface area contributed by atoms with Crippen LogP contribution in [-0.4, -0.2) is 32.3 Å². The van der Waals surface area contributed by atoms with Crippen molar-refractivity contribution >= 4 is 17.3 Å². The van der Waals surface area contributed by atoms with Crippen molar-refractivity contribution in [1.82, 2.24) is 0 Å². The van der Waals surface area contributed by atoms with Crippen LogP contribution in [0, 0.1) is 0 Å². The fourth-order valence-electron chi connectivity index (χ4n) is 1.62. The predicted octanol–water partition coefficient (Wildman–Crippen LogP) is 1.89. The number of ether oxygens (including phenoxy) is 2. The van der Waals surface area contributed by atoms with Crippen molar-refractivity contribution in [3.05, 3.63) is 23.8 Å². The first-order valence-corrected chi connectivity index (χ1v) is 5.90. The van der Waals surface area contributed by atoms with Gasteiger partial charge in [-0.3, -0.25) is 0 Å². The lowest BCUT2D eigenvalue weighted by Gasteiger charge is -2.17. The minimum atomic E-state index is -0.378. The third-order valence-corrected chi connectivity index (χ3v) is 2.36. The predicted molar refractivity (Wildman–Crippen MR) is 71.8 cm³/mol. The monoisotopic (exact) mass is 252 g/mol. The Morgan fingerprint density at radius 1 is 1.50 bits per heavy atom. The van der Waals surface area contributed by atoms with E-state index >= 15 is 0 Å². The summed E-state index contributed by atoms with van der Waals surface area (Å²) in [6.07, 6.45) is 0. The van der Waals surface area contributed by atoms with Crippen molar-refractivity contribution in [2.45, 2.75) is 19.9 Å². The number of anilines is 2. The normalized spacial score (nSPS) is 11.9. The highest BCUT2D eigenvalue weighted by molar-refractivity contribution is 5.96. The summed E-state index contributed by atoms with van der Waals surface area (Å²) in [4.78, 5) is 11.8. The van der Waals surface area contributed by atoms with Crippen LogP contribution in [0.2, 0.25) is 0 Å². The maximum absolute atomic E-state index is 11.8. The summed E-state index contributed by atoms with van der Waals surface area (Å²) in [7, 11) is 1.63. The third-order valence-electron chi connectivity index (χ3n) is 2.36. The molecule has 1 unspecified atom stereocenters. The third kappa shape index (κ3) is 3.92. The first kappa shape index (κ1) is 14.3. The molecule has 1 aromatic carbocycles. The van der Waals surface area contributed by atoms with Crippen molar-refractivity contribution in [3.8, 4) is 0 Å². The zero-order chi connectivity index (χ0) is 13.5. The maximum atomic E-state index is 11.8. The van der Waals surface area contributed by atoms with Gasteiger partial charge in [-0.1, -0.05) is 0 Å². The highest BCUT2D eigenvalue weighted by atomic mass is 16.5. The standard InChI is InChI=1S/C13H20N2O3/c1-4-18-13(16)11-7-10(14)5-6-12(11)15-9(2)8-17-3/h5-7,9,15H,4,8,14H2,1-3H3. The van der Waals surface area contributed by atoms with Gasteiger partial charge >= 0.3 is 5.97 Å². The van der Waals surface area contributed by atoms with E-state index in [9.17, 15) is 4.79 Å². The van der Waals surface area contributed by atoms with E-state index < -0.39 is 0 Å². The molecule has 0 saturated carbocycles. The molecule has 0 heterocycles. The molecule has 100 valence electrons. The minimum absolute atomic E-state index is 0.0896. The molecule has 0 saturated heterocycles. The molecule has 3 N–H and O–H groups in total. The largest absolute Gasteiger partial charge is 0.462 e. The molecular weight excluding hydrogens is 232 g/mol. The van der Waals surface area contributed by atoms with Gasteiger partial charge in [0.05, 0.1) is 18.8 Å². The molecule has 0 fully saturated rings. The number of hydrogen-bond donors (Lipinski definition) is 2. The van der Waals surface area contributed by atoms with Gasteiger partial charge in [0.2, 0.25) is 0 Å². The molecule has 0 amide bonds. The lowest BCUT2D eigenvalue weighted by Crippen LogP contribution is -2.22. The Morgan fingerprint density at radius 3 is 2.83 bits per heavy atom. The summed E-state index contributed by atoms with van der Waals surface area (Å²) in [5, 5.41) is 3.20. The number of benzene rings is 1. The summed E-state index contributed by atoms with van der Waals surface area (Å²) < 4.78 is 10.0. The van der Waals surface area contributed by atoms with Gasteiger partial charge in [-0.2, -0.15) is 0 Å². The van der Waals surface area contributed by atoms with Gasteiger partial charge in [0.15, 0.2) is 0 Å². The Bertz CT molecular complexity index is 407. The number of nitrogens with one attached hydrogen (secondary N) is 1. The number of hydrogen-bond acceptors (Lipinski definition) is 5. The number of methoxy groups -OCH3 is 1. The second kappa shape index (κ2) is 6.86. The molecule has 0 spiro atoms. The van der Waals surface area contributed by atoms with E-state index in [0.29, 0.717) is 30.2 Å². The first-order valence-electron chi connectivity index (χ1n) is 5.90. The lowest BCUT2D eigenvalue weighted by molar-refractivity contribution is 0.0527. The van der Waals surface area contributed by atoms with Gasteiger partial charge in [0.1, 0.15) is 0 Å². The summed E-state index contributed by atoms with van der Waals surface area (Å²) in [6.45, 7) is 4.62. The molecule has 0 aliphatic heterocycles. The number of nitrogens with two attached hydrogens (primary N) is 1. The van der Waals surface area contributed by atoms with E-state index in [2.05, 4.69) is 5.32 Å². The van der Waals surface area contributed by atoms with Crippen molar-refractivity contribution in [2.75, 3.05) is 31.4 Å². The summed E-state index contributed by atoms with van der Waals surface area (Å²) in [5.41, 5.74) is 7.37. The van der Waals surface area contributed by atoms with Crippen LogP contribution in [0.25, 0.3) is 0 Å². The van der Waals surface area contributed by atoms with E-state index in [1.807, 2.05) is 6.92 Å². The molecule has 5 nitrogen and oxygen atoms in total. The van der Waals surface area contributed by atoms with Crippen molar-refractivity contribution < 1.29 is 14.3 Å². The molecule has 0 aromatic heterocycles. The SMILES string of the molecule is CCOC(=O)c1cc(N)ccc1NC(C)COC. The van der Waals surface area contributed by atoms with Crippen LogP contribution in [0.1, 0.15) is 24.2 Å². The highest BCUT2D eigenvalue weighted by Gasteiger charge is 2.14. The molecule has 1 atom stereocenters. The zero-order valence-electron chi connectivity index (χ0n) is 11.0. The van der Waals surface area contributed by atoms with Gasteiger partial charge in [0.25, 0.3) is 0 Å². The van der Waals surface area contributed by atoms with E-state index in [-0.39, 0.29) is 12.0 Å². The van der Waals surface area contributed by atoms with Crippen LogP contribution in [0.15, 0.2) is 18.2 Å². The van der Waals surface area contributed by atoms with E-state index in [1.54, 1.807) is 32.2 Å². The van der Waals surface area contributed by atoms with Gasteiger partial charge in [0, 0.05) is 24.5 Å². The van der Waals surface area contributed by atoms with Crippen LogP contribution in [0.5, 0.6) is 0 Å². The van der Waals surface area contributed by atoms with Crippen molar-refractivity contribution in [2.24, 2.45) is 0 Å². The van der Waals surface area contributed by atoms with E-state index in [1.165, 1.54) is 0 Å². The zero-order valence-corrected chi connectivity index (χ0v) is 11.0. The molecule has 0 radical (unpaired) electrons. The smallest absolute Gasteiger partial charge is 0.340 e. The fourth-order valence-corrected chi connectivity index (χ4v) is 1.62. The molecule has 0 bridgehead atoms. The average Bonchev–Trinajstić information content (AvgIpc) is 2.32. The Kier molecular flexibility index (Phi) is 5.45. The quantitative estimate of drug-likeness (QED) is 0.597.